The van der Waals surface area contributed by atoms with Crippen molar-refractivity contribution in [1.29, 1.82) is 0 Å². The summed E-state index contributed by atoms with van der Waals surface area (Å²) in [5.74, 6) is 0. The molecule has 19 heavy (non-hydrogen) atoms. The molecule has 0 spiro atoms. The molecule has 2 aliphatic carbocycles. The van der Waals surface area contributed by atoms with Gasteiger partial charge in [-0.05, 0) is 6.92 Å². The Morgan fingerprint density at radius 1 is 1.00 bits per heavy atom. The first kappa shape index (κ1) is 17.1. The maximum absolute atomic E-state index is 4.69. The molecule has 0 heterocycles. The van der Waals surface area contributed by atoms with E-state index in [0.717, 1.165) is 0 Å². The van der Waals surface area contributed by atoms with Crippen molar-refractivity contribution < 1.29 is 27.5 Å². The third-order valence-corrected chi connectivity index (χ3v) is 7.51. The van der Waals surface area contributed by atoms with Crippen molar-refractivity contribution in [3.8, 4) is 0 Å². The van der Waals surface area contributed by atoms with Crippen LogP contribution in [0.15, 0.2) is 42.0 Å². The maximum Gasteiger partial charge on any atom is 0.0654 e. The van der Waals surface area contributed by atoms with Gasteiger partial charge in [-0.1, -0.05) is 0 Å². The molecule has 0 aromatic heterocycles. The van der Waals surface area contributed by atoms with E-state index in [1.807, 2.05) is 13.5 Å². The molecule has 0 N–H and O–H groups in total. The van der Waals surface area contributed by atoms with Gasteiger partial charge in [-0.15, -0.1) is 0 Å². The van der Waals surface area contributed by atoms with E-state index in [0.29, 0.717) is 6.61 Å². The first-order valence-electron chi connectivity index (χ1n) is 7.04. The van der Waals surface area contributed by atoms with E-state index >= 15 is 0 Å². The van der Waals surface area contributed by atoms with Crippen LogP contribution in [0.2, 0.25) is 0 Å². The summed E-state index contributed by atoms with van der Waals surface area (Å²) in [6.45, 7) is 6.98. The predicted molar refractivity (Wildman–Crippen MR) is 79.6 cm³/mol. The van der Waals surface area contributed by atoms with Crippen LogP contribution in [0.3, 0.4) is 0 Å². The Kier molecular flexibility index (Phi) is 8.95. The van der Waals surface area contributed by atoms with Gasteiger partial charge in [0.05, 0.1) is 18.5 Å². The Hall–Kier alpha value is 0.0931. The molecule has 0 fully saturated rings. The molecule has 104 valence electrons. The Labute approximate surface area is 134 Å². The van der Waals surface area contributed by atoms with Crippen LogP contribution in [-0.2, 0) is 27.5 Å². The van der Waals surface area contributed by atoms with Crippen LogP contribution in [0, 0.1) is 0 Å². The third kappa shape index (κ3) is 5.54. The van der Waals surface area contributed by atoms with E-state index < -0.39 is 23.2 Å². The molecule has 0 aliphatic heterocycles. The van der Waals surface area contributed by atoms with E-state index in [2.05, 4.69) is 54.3 Å². The molecule has 0 unspecified atom stereocenters. The van der Waals surface area contributed by atoms with Crippen LogP contribution >= 0.6 is 11.9 Å². The fourth-order valence-corrected chi connectivity index (χ4v) is 6.25. The fraction of sp³-hybridized carbons (Fsp3) is 0.500. The van der Waals surface area contributed by atoms with Crippen LogP contribution in [0.4, 0.5) is 0 Å². The molecule has 0 aromatic rings. The van der Waals surface area contributed by atoms with Crippen molar-refractivity contribution in [2.24, 2.45) is 0 Å². The summed E-state index contributed by atoms with van der Waals surface area (Å²) in [5, 5.41) is 0. The second kappa shape index (κ2) is 9.91. The van der Waals surface area contributed by atoms with Crippen LogP contribution in [-0.4, -0.2) is 6.61 Å². The Morgan fingerprint density at radius 2 is 1.42 bits per heavy atom. The van der Waals surface area contributed by atoms with Gasteiger partial charge in [-0.2, -0.15) is 0 Å². The van der Waals surface area contributed by atoms with E-state index in [4.69, 9.17) is 0 Å². The van der Waals surface area contributed by atoms with Crippen molar-refractivity contribution in [1.82, 2.24) is 0 Å². The molecular weight excluding hydrogens is 335 g/mol. The number of allylic oxidation sites excluding steroid dienone is 8. The number of hydrogen-bond donors (Lipinski definition) is 0. The summed E-state index contributed by atoms with van der Waals surface area (Å²) in [6, 6.07) is 0. The minimum Gasteiger partial charge on any atom is -0.280 e. The van der Waals surface area contributed by atoms with Gasteiger partial charge in [-0.25, -0.2) is 0 Å². The molecule has 3 heteroatoms. The van der Waals surface area contributed by atoms with Crippen molar-refractivity contribution in [3.63, 3.8) is 0 Å². The molecule has 0 saturated carbocycles. The largest absolute Gasteiger partial charge is 0.280 e. The molecule has 0 amide bonds. The summed E-state index contributed by atoms with van der Waals surface area (Å²) < 4.78 is 7.66. The molecule has 0 radical (unpaired) electrons. The summed E-state index contributed by atoms with van der Waals surface area (Å²) in [5.41, 5.74) is 3.30. The second-order valence-electron chi connectivity index (χ2n) is 4.45. The average Bonchev–Trinajstić information content (AvgIpc) is 3.08. The van der Waals surface area contributed by atoms with Crippen LogP contribution < -0.4 is 0 Å². The first-order chi connectivity index (χ1) is 9.26. The van der Waals surface area contributed by atoms with E-state index in [9.17, 15) is 0 Å². The van der Waals surface area contributed by atoms with Gasteiger partial charge in [0.15, 0.2) is 0 Å². The Balaban J connectivity index is 0.000000399. The van der Waals surface area contributed by atoms with Crippen LogP contribution in [0.25, 0.3) is 0 Å². The number of rotatable bonds is 5. The standard InChI is InChI=1S/2C7H9.C2H5ClO.Zr/c2*1-2-7-5-3-4-6-7;1-2-4-3;/h2*3,5H,2,4H2,1H3;2H2,1H3;. The van der Waals surface area contributed by atoms with Crippen LogP contribution in [0.1, 0.15) is 46.5 Å². The molecule has 0 aromatic carbocycles. The van der Waals surface area contributed by atoms with Gasteiger partial charge in [0.25, 0.3) is 0 Å². The van der Waals surface area contributed by atoms with Gasteiger partial charge < -0.3 is 0 Å². The van der Waals surface area contributed by atoms with Gasteiger partial charge in [0.2, 0.25) is 0 Å². The molecule has 0 atom stereocenters. The molecule has 2 rings (SSSR count). The van der Waals surface area contributed by atoms with E-state index in [1.165, 1.54) is 25.7 Å². The summed E-state index contributed by atoms with van der Waals surface area (Å²) in [4.78, 5) is 0. The van der Waals surface area contributed by atoms with Gasteiger partial charge >= 0.3 is 105 Å². The van der Waals surface area contributed by atoms with E-state index in [-0.39, 0.29) is 0 Å². The maximum atomic E-state index is 4.69. The summed E-state index contributed by atoms with van der Waals surface area (Å²) in [6.07, 6.45) is 14.4. The van der Waals surface area contributed by atoms with Crippen molar-refractivity contribution in [2.45, 2.75) is 46.5 Å². The van der Waals surface area contributed by atoms with Crippen LogP contribution in [0.5, 0.6) is 0 Å². The zero-order valence-electron chi connectivity index (χ0n) is 12.1. The summed E-state index contributed by atoms with van der Waals surface area (Å²) >= 11 is 4.27. The number of halogens is 1. The molecular formula is C16H23ClOZr. The normalized spacial score (nSPS) is 17.1. The molecule has 0 bridgehead atoms. The van der Waals surface area contributed by atoms with Gasteiger partial charge in [-0.3, -0.25) is 4.29 Å². The minimum atomic E-state index is -0.417. The van der Waals surface area contributed by atoms with Gasteiger partial charge in [0.1, 0.15) is 0 Å². The topological polar surface area (TPSA) is 9.23 Å². The third-order valence-electron chi connectivity index (χ3n) is 3.23. The molecule has 2 aliphatic rings. The monoisotopic (exact) mass is 356 g/mol. The summed E-state index contributed by atoms with van der Waals surface area (Å²) in [7, 11) is 0. The van der Waals surface area contributed by atoms with Crippen molar-refractivity contribution in [3.05, 3.63) is 42.0 Å². The minimum absolute atomic E-state index is 0.417. The zero-order valence-corrected chi connectivity index (χ0v) is 15.3. The fourth-order valence-electron chi connectivity index (χ4n) is 2.21. The number of hydrogen-bond acceptors (Lipinski definition) is 1. The molecule has 0 saturated heterocycles. The Morgan fingerprint density at radius 3 is 1.74 bits per heavy atom. The van der Waals surface area contributed by atoms with E-state index in [1.54, 1.807) is 11.1 Å². The quantitative estimate of drug-likeness (QED) is 0.631. The predicted octanol–water partition coefficient (Wildman–Crippen LogP) is 5.49. The zero-order chi connectivity index (χ0) is 14.1. The smallest absolute Gasteiger partial charge is 0.0654 e. The SMILES string of the molecule is CCC1=[C]([Zr][C]2=C(CC)C=CC2)CC=C1.CCOCl. The van der Waals surface area contributed by atoms with Crippen molar-refractivity contribution >= 4 is 11.9 Å². The first-order valence-corrected chi connectivity index (χ1v) is 9.81. The van der Waals surface area contributed by atoms with Crippen molar-refractivity contribution in [2.75, 3.05) is 6.61 Å². The average molecular weight is 358 g/mol. The van der Waals surface area contributed by atoms with Gasteiger partial charge in [0, 0.05) is 0 Å². The Bertz CT molecular complexity index is 367. The second-order valence-corrected chi connectivity index (χ2v) is 8.25. The molecule has 1 nitrogen and oxygen atoms in total.